The molecule has 3 aromatic rings. The van der Waals surface area contributed by atoms with E-state index in [-0.39, 0.29) is 6.61 Å². The number of halogens is 3. The van der Waals surface area contributed by atoms with Crippen LogP contribution in [0.25, 0.3) is 17.7 Å². The van der Waals surface area contributed by atoms with Crippen molar-refractivity contribution in [2.45, 2.75) is 6.92 Å². The van der Waals surface area contributed by atoms with Crippen LogP contribution in [0.4, 0.5) is 20.0 Å². The molecule has 2 aliphatic rings. The number of allylic oxidation sites excluding steroid dienone is 2. The number of nitrogens with two attached hydrogens (primary N) is 1. The number of anilines is 2. The largest absolute Gasteiger partial charge is 0.537 e. The molecule has 5 rings (SSSR count). The van der Waals surface area contributed by atoms with E-state index in [1.807, 2.05) is 89.6 Å². The van der Waals surface area contributed by atoms with E-state index in [9.17, 15) is 0 Å². The maximum absolute atomic E-state index is 16.1. The van der Waals surface area contributed by atoms with Crippen LogP contribution in [0.1, 0.15) is 28.1 Å². The molecule has 0 aliphatic carbocycles. The monoisotopic (exact) mass is 599 g/mol. The Morgan fingerprint density at radius 3 is 2.50 bits per heavy atom. The van der Waals surface area contributed by atoms with Gasteiger partial charge in [-0.2, -0.15) is 0 Å². The number of aromatic nitrogens is 1. The zero-order valence-corrected chi connectivity index (χ0v) is 22.2. The average Bonchev–Trinajstić information content (AvgIpc) is 3.21. The lowest BCUT2D eigenvalue weighted by molar-refractivity contribution is 0.304. The molecule has 186 valence electrons. The van der Waals surface area contributed by atoms with Gasteiger partial charge in [0.05, 0.1) is 6.61 Å². The standard InChI is InChI=1S/C27H27BF2IN4O/c1-19-18-24(14-7-20-5-12-23(13-6-20)33(2)16-17-36)34-27(19)26(21-8-10-22(32)11-9-21)25-4-3-15-31-35(25)28(34,29)30/h3-15,18,36H,16-17,32H2,1-2H3/q-1/b14-7+. The summed E-state index contributed by atoms with van der Waals surface area (Å²) in [7, 11) is 1.91. The van der Waals surface area contributed by atoms with E-state index in [1.165, 1.54) is 7.50 Å². The Labute approximate surface area is 220 Å². The summed E-state index contributed by atoms with van der Waals surface area (Å²) in [4.78, 5) is 1.96. The highest BCUT2D eigenvalue weighted by atomic mass is 127. The fourth-order valence-electron chi connectivity index (χ4n) is 4.69. The van der Waals surface area contributed by atoms with Gasteiger partial charge in [-0.3, -0.25) is 0 Å². The second-order valence-corrected chi connectivity index (χ2v) is 11.2. The lowest BCUT2D eigenvalue weighted by Crippen LogP contribution is -2.51. The van der Waals surface area contributed by atoms with E-state index < -0.39 is 28.0 Å². The molecule has 0 amide bonds. The van der Waals surface area contributed by atoms with Crippen LogP contribution in [0.2, 0.25) is 0 Å². The molecule has 3 heterocycles. The fraction of sp³-hybridized carbons (Fsp3) is 0.148. The summed E-state index contributed by atoms with van der Waals surface area (Å²) >= 11 is -1.01. The molecule has 0 fully saturated rings. The van der Waals surface area contributed by atoms with Crippen LogP contribution in [0.15, 0.2) is 72.4 Å². The predicted molar refractivity (Wildman–Crippen MR) is 156 cm³/mol. The number of aliphatic hydroxyl groups is 1. The minimum absolute atomic E-state index is 0.0775. The zero-order chi connectivity index (χ0) is 25.4. The van der Waals surface area contributed by atoms with E-state index >= 15 is 8.63 Å². The summed E-state index contributed by atoms with van der Waals surface area (Å²) in [6, 6.07) is 17.1. The Balaban J connectivity index is 1.60. The lowest BCUT2D eigenvalue weighted by atomic mass is 9.85. The number of aliphatic hydroxyl groups excluding tert-OH is 1. The van der Waals surface area contributed by atoms with Gasteiger partial charge in [-0.15, -0.1) is 0 Å². The molecule has 0 radical (unpaired) electrons. The highest BCUT2D eigenvalue weighted by Gasteiger charge is 2.44. The summed E-state index contributed by atoms with van der Waals surface area (Å²) in [6.45, 7) is -1.50. The van der Waals surface area contributed by atoms with E-state index in [1.54, 1.807) is 12.2 Å². The van der Waals surface area contributed by atoms with Crippen LogP contribution in [-0.4, -0.2) is 43.8 Å². The maximum atomic E-state index is 16.1. The SMILES string of the molecule is Cc1cc(/C=C/c2ccc(N(C)CCO)cc2)n2c1C(c1ccc(N)cc1)=C1C=CC=IN1[B-]2(F)F. The first kappa shape index (κ1) is 24.5. The van der Waals surface area contributed by atoms with E-state index in [0.29, 0.717) is 29.3 Å². The van der Waals surface area contributed by atoms with Crippen molar-refractivity contribution in [3.05, 3.63) is 101 Å². The molecule has 3 N–H and O–H groups in total. The number of hydrogen-bond acceptors (Lipinski definition) is 4. The second-order valence-electron chi connectivity index (χ2n) is 8.91. The van der Waals surface area contributed by atoms with Crippen LogP contribution in [0.3, 0.4) is 0 Å². The quantitative estimate of drug-likeness (QED) is 0.169. The Kier molecular flexibility index (Phi) is 6.61. The van der Waals surface area contributed by atoms with Gasteiger partial charge in [-0.05, 0) is 91.1 Å². The molecule has 0 saturated carbocycles. The average molecular weight is 599 g/mol. The number of benzene rings is 2. The van der Waals surface area contributed by atoms with Gasteiger partial charge in [-0.25, -0.2) is 0 Å². The van der Waals surface area contributed by atoms with Crippen LogP contribution in [0.5, 0.6) is 0 Å². The van der Waals surface area contributed by atoms with E-state index in [2.05, 4.69) is 0 Å². The van der Waals surface area contributed by atoms with Gasteiger partial charge in [0, 0.05) is 47.6 Å². The number of aryl methyl sites for hydroxylation is 1. The highest BCUT2D eigenvalue weighted by Crippen LogP contribution is 2.46. The number of hydrogen-bond donors (Lipinski definition) is 2. The normalized spacial score (nSPS) is 16.2. The number of fused-ring (bicyclic) bond motifs is 2. The fourth-order valence-corrected chi connectivity index (χ4v) is 6.76. The van der Waals surface area contributed by atoms with Gasteiger partial charge in [0.1, 0.15) is 0 Å². The molecular formula is C27H27BF2IN4O-. The molecule has 0 bridgehead atoms. The summed E-state index contributed by atoms with van der Waals surface area (Å²) in [5.41, 5.74) is 12.5. The smallest absolute Gasteiger partial charge is 0.440 e. The van der Waals surface area contributed by atoms with Gasteiger partial charge in [0.15, 0.2) is 0 Å². The van der Waals surface area contributed by atoms with Crippen molar-refractivity contribution in [2.75, 3.05) is 30.8 Å². The molecular weight excluding hydrogens is 572 g/mol. The lowest BCUT2D eigenvalue weighted by Gasteiger charge is -2.47. The van der Waals surface area contributed by atoms with Gasteiger partial charge in [-0.1, -0.05) is 36.4 Å². The number of likely N-dealkylation sites (N-methyl/N-ethyl adjacent to an activating group) is 1. The molecule has 0 saturated heterocycles. The van der Waals surface area contributed by atoms with Gasteiger partial charge >= 0.3 is 6.97 Å². The van der Waals surface area contributed by atoms with Crippen LogP contribution in [-0.2, 0) is 0 Å². The molecule has 9 heteroatoms. The number of nitrogen functional groups attached to an aromatic ring is 1. The van der Waals surface area contributed by atoms with Crippen LogP contribution in [0, 0.1) is 6.92 Å². The van der Waals surface area contributed by atoms with Crippen molar-refractivity contribution in [1.29, 1.82) is 0 Å². The Morgan fingerprint density at radius 1 is 1.08 bits per heavy atom. The van der Waals surface area contributed by atoms with Crippen molar-refractivity contribution >= 4 is 61.1 Å². The Morgan fingerprint density at radius 2 is 1.81 bits per heavy atom. The topological polar surface area (TPSA) is 57.7 Å². The summed E-state index contributed by atoms with van der Waals surface area (Å²) in [6.07, 6.45) is 7.32. The first-order chi connectivity index (χ1) is 17.3. The first-order valence-electron chi connectivity index (χ1n) is 11.7. The van der Waals surface area contributed by atoms with Gasteiger partial charge < -0.3 is 31.9 Å². The van der Waals surface area contributed by atoms with Crippen molar-refractivity contribution in [1.82, 2.24) is 7.50 Å². The van der Waals surface area contributed by atoms with Gasteiger partial charge in [0.2, 0.25) is 0 Å². The van der Waals surface area contributed by atoms with Gasteiger partial charge in [0.25, 0.3) is 0 Å². The summed E-state index contributed by atoms with van der Waals surface area (Å²) < 4.78 is 36.6. The van der Waals surface area contributed by atoms with Crippen LogP contribution >= 0.6 is 21.0 Å². The molecule has 2 aromatic carbocycles. The number of nitrogens with zero attached hydrogens (tertiary/aromatic N) is 3. The summed E-state index contributed by atoms with van der Waals surface area (Å²) in [5.74, 6) is 0. The van der Waals surface area contributed by atoms with Crippen molar-refractivity contribution < 1.29 is 13.7 Å². The molecule has 5 nitrogen and oxygen atoms in total. The van der Waals surface area contributed by atoms with Crippen molar-refractivity contribution in [3.8, 4) is 0 Å². The van der Waals surface area contributed by atoms with Crippen molar-refractivity contribution in [2.24, 2.45) is 0 Å². The third kappa shape index (κ3) is 4.30. The third-order valence-electron chi connectivity index (χ3n) is 6.47. The zero-order valence-electron chi connectivity index (χ0n) is 20.1. The molecule has 0 atom stereocenters. The first-order valence-corrected chi connectivity index (χ1v) is 13.9. The molecule has 0 spiro atoms. The third-order valence-corrected chi connectivity index (χ3v) is 8.99. The second kappa shape index (κ2) is 9.70. The minimum atomic E-state index is -4.01. The predicted octanol–water partition coefficient (Wildman–Crippen LogP) is 5.53. The van der Waals surface area contributed by atoms with Crippen LogP contribution < -0.4 is 10.6 Å². The van der Waals surface area contributed by atoms with E-state index in [0.717, 1.165) is 28.0 Å². The molecule has 36 heavy (non-hydrogen) atoms. The van der Waals surface area contributed by atoms with E-state index in [4.69, 9.17) is 10.8 Å². The molecule has 0 unspecified atom stereocenters. The van der Waals surface area contributed by atoms with Crippen molar-refractivity contribution in [3.63, 3.8) is 0 Å². The highest BCUT2D eigenvalue weighted by molar-refractivity contribution is 14.2. The minimum Gasteiger partial charge on any atom is -0.440 e. The molecule has 1 aromatic heterocycles. The Bertz CT molecular complexity index is 1410. The Hall–Kier alpha value is -3.18. The number of rotatable bonds is 6. The molecule has 2 aliphatic heterocycles. The summed E-state index contributed by atoms with van der Waals surface area (Å²) in [5, 5.41) is 9.15. The maximum Gasteiger partial charge on any atom is 0.537 e.